The lowest BCUT2D eigenvalue weighted by Crippen LogP contribution is -2.09. The summed E-state index contributed by atoms with van der Waals surface area (Å²) in [7, 11) is 7.78. The van der Waals surface area contributed by atoms with Crippen molar-refractivity contribution in [2.45, 2.75) is 0 Å². The Morgan fingerprint density at radius 2 is 1.60 bits per heavy atom. The number of rotatable bonds is 6. The fourth-order valence-electron chi connectivity index (χ4n) is 2.91. The molecule has 154 valence electrons. The SMILES string of the molecule is CN(C)c1ccc(Nc2ncc(F)c(Nc3ccc4nc(N(C)C)[nH]c4c3)n2)cc1. The molecule has 0 fully saturated rings. The first-order chi connectivity index (χ1) is 14.4. The van der Waals surface area contributed by atoms with Crippen LogP contribution in [0.15, 0.2) is 48.7 Å². The lowest BCUT2D eigenvalue weighted by Gasteiger charge is -2.13. The molecule has 0 amide bonds. The predicted molar refractivity (Wildman–Crippen MR) is 120 cm³/mol. The highest BCUT2D eigenvalue weighted by Gasteiger charge is 2.10. The fraction of sp³-hybridized carbons (Fsp3) is 0.190. The minimum absolute atomic E-state index is 0.0871. The first-order valence-corrected chi connectivity index (χ1v) is 9.40. The Balaban J connectivity index is 1.55. The van der Waals surface area contributed by atoms with Crippen LogP contribution in [0.1, 0.15) is 0 Å². The van der Waals surface area contributed by atoms with Crippen molar-refractivity contribution in [1.29, 1.82) is 0 Å². The summed E-state index contributed by atoms with van der Waals surface area (Å²) >= 11 is 0. The van der Waals surface area contributed by atoms with Gasteiger partial charge in [0, 0.05) is 45.3 Å². The summed E-state index contributed by atoms with van der Waals surface area (Å²) in [5.41, 5.74) is 4.26. The number of nitrogens with one attached hydrogen (secondary N) is 3. The number of benzene rings is 2. The number of halogens is 1. The second kappa shape index (κ2) is 7.86. The summed E-state index contributed by atoms with van der Waals surface area (Å²) in [6.07, 6.45) is 1.14. The van der Waals surface area contributed by atoms with E-state index in [0.29, 0.717) is 11.6 Å². The molecule has 0 unspecified atom stereocenters. The third-order valence-electron chi connectivity index (χ3n) is 4.54. The molecule has 8 nitrogen and oxygen atoms in total. The van der Waals surface area contributed by atoms with Crippen molar-refractivity contribution in [3.05, 3.63) is 54.5 Å². The van der Waals surface area contributed by atoms with Crippen molar-refractivity contribution in [2.24, 2.45) is 0 Å². The number of fused-ring (bicyclic) bond motifs is 1. The van der Waals surface area contributed by atoms with E-state index in [4.69, 9.17) is 0 Å². The Hall–Kier alpha value is -3.88. The van der Waals surface area contributed by atoms with Crippen LogP contribution < -0.4 is 20.4 Å². The van der Waals surface area contributed by atoms with Crippen molar-refractivity contribution in [3.8, 4) is 0 Å². The topological polar surface area (TPSA) is 85.0 Å². The standard InChI is InChI=1S/C21H23FN8/c1-29(2)15-8-5-13(6-9-15)25-20-23-12-16(22)19(28-20)24-14-7-10-17-18(11-14)27-21(26-17)30(3)4/h5-12H,1-4H3,(H,26,27)(H2,23,24,25,28). The van der Waals surface area contributed by atoms with Crippen molar-refractivity contribution in [1.82, 2.24) is 19.9 Å². The summed E-state index contributed by atoms with van der Waals surface area (Å²) < 4.78 is 14.3. The quantitative estimate of drug-likeness (QED) is 0.444. The number of hydrogen-bond donors (Lipinski definition) is 3. The summed E-state index contributed by atoms with van der Waals surface area (Å²) in [5, 5.41) is 6.12. The van der Waals surface area contributed by atoms with E-state index in [1.165, 1.54) is 0 Å². The molecular formula is C21H23FN8. The van der Waals surface area contributed by atoms with Gasteiger partial charge in [0.2, 0.25) is 11.9 Å². The zero-order valence-electron chi connectivity index (χ0n) is 17.2. The maximum absolute atomic E-state index is 14.3. The third-order valence-corrected chi connectivity index (χ3v) is 4.54. The maximum atomic E-state index is 14.3. The van der Waals surface area contributed by atoms with Crippen molar-refractivity contribution in [3.63, 3.8) is 0 Å². The van der Waals surface area contributed by atoms with Gasteiger partial charge in [-0.2, -0.15) is 4.98 Å². The van der Waals surface area contributed by atoms with E-state index >= 15 is 0 Å². The minimum Gasteiger partial charge on any atom is -0.378 e. The molecule has 0 saturated carbocycles. The lowest BCUT2D eigenvalue weighted by atomic mass is 10.2. The van der Waals surface area contributed by atoms with Gasteiger partial charge in [-0.15, -0.1) is 0 Å². The summed E-state index contributed by atoms with van der Waals surface area (Å²) in [4.78, 5) is 19.9. The molecule has 2 heterocycles. The van der Waals surface area contributed by atoms with Gasteiger partial charge in [0.25, 0.3) is 0 Å². The summed E-state index contributed by atoms with van der Waals surface area (Å²) in [5.74, 6) is 0.599. The number of anilines is 6. The number of imidazole rings is 1. The van der Waals surface area contributed by atoms with Gasteiger partial charge in [0.1, 0.15) is 0 Å². The summed E-state index contributed by atoms with van der Waals surface area (Å²) in [6.45, 7) is 0. The number of aromatic amines is 1. The van der Waals surface area contributed by atoms with Crippen LogP contribution in [-0.2, 0) is 0 Å². The minimum atomic E-state index is -0.540. The molecule has 0 atom stereocenters. The molecule has 0 spiro atoms. The largest absolute Gasteiger partial charge is 0.378 e. The molecule has 2 aromatic heterocycles. The zero-order valence-corrected chi connectivity index (χ0v) is 17.2. The van der Waals surface area contributed by atoms with Gasteiger partial charge in [-0.25, -0.2) is 14.4 Å². The Kier molecular flexibility index (Phi) is 5.09. The molecule has 9 heteroatoms. The Bertz CT molecular complexity index is 1170. The van der Waals surface area contributed by atoms with E-state index in [9.17, 15) is 4.39 Å². The van der Waals surface area contributed by atoms with Crippen molar-refractivity contribution in [2.75, 3.05) is 48.6 Å². The van der Waals surface area contributed by atoms with Crippen LogP contribution in [0.2, 0.25) is 0 Å². The number of H-pyrrole nitrogens is 1. The Morgan fingerprint density at radius 1 is 0.867 bits per heavy atom. The maximum Gasteiger partial charge on any atom is 0.229 e. The average Bonchev–Trinajstić information content (AvgIpc) is 3.15. The Morgan fingerprint density at radius 3 is 2.30 bits per heavy atom. The molecule has 2 aromatic carbocycles. The van der Waals surface area contributed by atoms with E-state index in [2.05, 4.69) is 30.6 Å². The Labute approximate surface area is 173 Å². The molecule has 0 aliphatic rings. The second-order valence-electron chi connectivity index (χ2n) is 7.27. The highest BCUT2D eigenvalue weighted by Crippen LogP contribution is 2.25. The monoisotopic (exact) mass is 406 g/mol. The van der Waals surface area contributed by atoms with Crippen LogP contribution in [0.4, 0.5) is 39.2 Å². The molecule has 0 aliphatic heterocycles. The molecule has 4 rings (SSSR count). The molecule has 30 heavy (non-hydrogen) atoms. The van der Waals surface area contributed by atoms with E-state index in [0.717, 1.165) is 34.6 Å². The second-order valence-corrected chi connectivity index (χ2v) is 7.27. The van der Waals surface area contributed by atoms with Gasteiger partial charge in [0.15, 0.2) is 11.6 Å². The highest BCUT2D eigenvalue weighted by atomic mass is 19.1. The van der Waals surface area contributed by atoms with Crippen LogP contribution in [-0.4, -0.2) is 48.1 Å². The van der Waals surface area contributed by atoms with Crippen LogP contribution in [0, 0.1) is 5.82 Å². The molecule has 0 aliphatic carbocycles. The first kappa shape index (κ1) is 19.4. The number of aromatic nitrogens is 4. The van der Waals surface area contributed by atoms with Crippen LogP contribution >= 0.6 is 0 Å². The highest BCUT2D eigenvalue weighted by molar-refractivity contribution is 5.82. The number of nitrogens with zero attached hydrogens (tertiary/aromatic N) is 5. The van der Waals surface area contributed by atoms with E-state index < -0.39 is 5.82 Å². The van der Waals surface area contributed by atoms with E-state index in [1.54, 1.807) is 0 Å². The summed E-state index contributed by atoms with van der Waals surface area (Å²) in [6, 6.07) is 13.4. The van der Waals surface area contributed by atoms with Gasteiger partial charge in [-0.1, -0.05) is 0 Å². The van der Waals surface area contributed by atoms with Gasteiger partial charge in [0.05, 0.1) is 17.2 Å². The van der Waals surface area contributed by atoms with Gasteiger partial charge in [-0.3, -0.25) is 0 Å². The van der Waals surface area contributed by atoms with Gasteiger partial charge in [-0.05, 0) is 42.5 Å². The predicted octanol–water partition coefficient (Wildman–Crippen LogP) is 4.11. The fourth-order valence-corrected chi connectivity index (χ4v) is 2.91. The lowest BCUT2D eigenvalue weighted by molar-refractivity contribution is 0.619. The molecule has 0 bridgehead atoms. The zero-order chi connectivity index (χ0) is 21.3. The molecule has 3 N–H and O–H groups in total. The smallest absolute Gasteiger partial charge is 0.229 e. The van der Waals surface area contributed by atoms with Crippen LogP contribution in [0.25, 0.3) is 11.0 Å². The number of hydrogen-bond acceptors (Lipinski definition) is 7. The van der Waals surface area contributed by atoms with Crippen LogP contribution in [0.5, 0.6) is 0 Å². The van der Waals surface area contributed by atoms with Crippen molar-refractivity contribution >= 4 is 45.8 Å². The molecule has 0 radical (unpaired) electrons. The third kappa shape index (κ3) is 4.09. The van der Waals surface area contributed by atoms with E-state index in [1.807, 2.05) is 80.5 Å². The molecule has 0 saturated heterocycles. The average molecular weight is 406 g/mol. The first-order valence-electron chi connectivity index (χ1n) is 9.40. The molecule has 4 aromatic rings. The van der Waals surface area contributed by atoms with E-state index in [-0.39, 0.29) is 5.82 Å². The van der Waals surface area contributed by atoms with Crippen LogP contribution in [0.3, 0.4) is 0 Å². The van der Waals surface area contributed by atoms with Crippen molar-refractivity contribution < 1.29 is 4.39 Å². The van der Waals surface area contributed by atoms with Gasteiger partial charge < -0.3 is 25.4 Å². The molecular weight excluding hydrogens is 383 g/mol. The van der Waals surface area contributed by atoms with Gasteiger partial charge >= 0.3 is 0 Å². The normalized spacial score (nSPS) is 10.8.